The molecule has 0 aliphatic heterocycles. The fourth-order valence-corrected chi connectivity index (χ4v) is 2.75. The van der Waals surface area contributed by atoms with E-state index in [1.54, 1.807) is 31.5 Å². The first-order valence-electron chi connectivity index (χ1n) is 8.57. The first-order chi connectivity index (χ1) is 13.8. The van der Waals surface area contributed by atoms with E-state index in [-0.39, 0.29) is 35.1 Å². The second-order valence-corrected chi connectivity index (χ2v) is 6.62. The number of nitrogens with zero attached hydrogens (tertiary/aromatic N) is 3. The van der Waals surface area contributed by atoms with Crippen molar-refractivity contribution < 1.29 is 18.3 Å². The molecule has 6 nitrogen and oxygen atoms in total. The molecule has 0 radical (unpaired) electrons. The zero-order chi connectivity index (χ0) is 21.0. The fourth-order valence-electron chi connectivity index (χ4n) is 2.53. The van der Waals surface area contributed by atoms with Crippen molar-refractivity contribution in [2.24, 2.45) is 0 Å². The highest BCUT2D eigenvalue weighted by molar-refractivity contribution is 6.33. The predicted octanol–water partition coefficient (Wildman–Crippen LogP) is 4.75. The number of para-hydroxylation sites is 1. The van der Waals surface area contributed by atoms with E-state index in [9.17, 15) is 18.3 Å². The van der Waals surface area contributed by atoms with Gasteiger partial charge >= 0.3 is 6.18 Å². The van der Waals surface area contributed by atoms with Gasteiger partial charge in [0.1, 0.15) is 5.82 Å². The van der Waals surface area contributed by atoms with Crippen molar-refractivity contribution in [1.82, 2.24) is 15.0 Å². The minimum absolute atomic E-state index is 0.0952. The molecule has 3 N–H and O–H groups in total. The van der Waals surface area contributed by atoms with Gasteiger partial charge in [0.2, 0.25) is 5.95 Å². The first-order valence-corrected chi connectivity index (χ1v) is 8.95. The second-order valence-electron chi connectivity index (χ2n) is 6.21. The number of alkyl halides is 3. The molecule has 3 aromatic rings. The van der Waals surface area contributed by atoms with Gasteiger partial charge in [0.05, 0.1) is 28.6 Å². The number of hydrogen-bond acceptors (Lipinski definition) is 6. The Morgan fingerprint density at radius 2 is 1.86 bits per heavy atom. The lowest BCUT2D eigenvalue weighted by molar-refractivity contribution is -0.136. The molecule has 10 heteroatoms. The van der Waals surface area contributed by atoms with Crippen molar-refractivity contribution >= 4 is 29.1 Å². The predicted molar refractivity (Wildman–Crippen MR) is 105 cm³/mol. The van der Waals surface area contributed by atoms with Crippen molar-refractivity contribution in [3.63, 3.8) is 0 Å². The highest BCUT2D eigenvalue weighted by atomic mass is 35.5. The van der Waals surface area contributed by atoms with Crippen molar-refractivity contribution in [2.75, 3.05) is 17.2 Å². The standard InChI is InChI=1S/C19H17ClF3N5O/c1-11(10-29)25-18-26-15(12-5-7-24-8-6-12)9-16(28-18)27-17-13(19(21,22)23)3-2-4-14(17)20/h2-9,11,29H,10H2,1H3,(H2,25,26,27,28)/t11-/m1/s1. The third kappa shape index (κ3) is 5.12. The molecule has 1 aromatic carbocycles. The van der Waals surface area contributed by atoms with Crippen LogP contribution in [0.15, 0.2) is 48.8 Å². The van der Waals surface area contributed by atoms with Crippen LogP contribution in [0.25, 0.3) is 11.3 Å². The van der Waals surface area contributed by atoms with E-state index in [1.807, 2.05) is 0 Å². The number of pyridine rings is 1. The Balaban J connectivity index is 2.07. The summed E-state index contributed by atoms with van der Waals surface area (Å²) in [6.45, 7) is 1.54. The van der Waals surface area contributed by atoms with Gasteiger partial charge in [-0.05, 0) is 31.2 Å². The summed E-state index contributed by atoms with van der Waals surface area (Å²) >= 11 is 6.03. The van der Waals surface area contributed by atoms with Gasteiger partial charge in [-0.3, -0.25) is 4.98 Å². The Morgan fingerprint density at radius 3 is 2.52 bits per heavy atom. The summed E-state index contributed by atoms with van der Waals surface area (Å²) in [7, 11) is 0. The molecule has 0 aliphatic carbocycles. The number of nitrogens with one attached hydrogen (secondary N) is 2. The average Bonchev–Trinajstić information content (AvgIpc) is 2.69. The van der Waals surface area contributed by atoms with Crippen molar-refractivity contribution in [2.45, 2.75) is 19.1 Å². The van der Waals surface area contributed by atoms with E-state index < -0.39 is 11.7 Å². The highest BCUT2D eigenvalue weighted by Gasteiger charge is 2.34. The Labute approximate surface area is 169 Å². The van der Waals surface area contributed by atoms with E-state index in [4.69, 9.17) is 11.6 Å². The smallest absolute Gasteiger partial charge is 0.394 e. The van der Waals surface area contributed by atoms with Crippen molar-refractivity contribution in [3.8, 4) is 11.3 Å². The van der Waals surface area contributed by atoms with Crippen LogP contribution in [0.4, 0.5) is 30.6 Å². The molecule has 0 amide bonds. The minimum atomic E-state index is -4.60. The summed E-state index contributed by atoms with van der Waals surface area (Å²) in [6, 6.07) is 8.09. The monoisotopic (exact) mass is 423 g/mol. The van der Waals surface area contributed by atoms with Gasteiger partial charge in [-0.25, -0.2) is 4.98 Å². The summed E-state index contributed by atoms with van der Waals surface area (Å²) in [5.74, 6) is 0.252. The van der Waals surface area contributed by atoms with Gasteiger partial charge < -0.3 is 15.7 Å². The van der Waals surface area contributed by atoms with Crippen LogP contribution in [0.5, 0.6) is 0 Å². The number of halogens is 4. The molecular formula is C19H17ClF3N5O. The first kappa shape index (κ1) is 20.8. The zero-order valence-electron chi connectivity index (χ0n) is 15.2. The number of hydrogen-bond donors (Lipinski definition) is 3. The Bertz CT molecular complexity index is 985. The van der Waals surface area contributed by atoms with Gasteiger partial charge in [0.25, 0.3) is 0 Å². The Hall–Kier alpha value is -2.91. The lowest BCUT2D eigenvalue weighted by Gasteiger charge is -2.17. The van der Waals surface area contributed by atoms with Crippen LogP contribution >= 0.6 is 11.6 Å². The zero-order valence-corrected chi connectivity index (χ0v) is 16.0. The molecule has 2 heterocycles. The SMILES string of the molecule is C[C@H](CO)Nc1nc(Nc2c(Cl)cccc2C(F)(F)F)cc(-c2ccncc2)n1. The lowest BCUT2D eigenvalue weighted by atomic mass is 10.1. The van der Waals surface area contributed by atoms with Crippen LogP contribution in [0, 0.1) is 0 Å². The lowest BCUT2D eigenvalue weighted by Crippen LogP contribution is -2.21. The highest BCUT2D eigenvalue weighted by Crippen LogP contribution is 2.40. The van der Waals surface area contributed by atoms with Crippen LogP contribution in [0.1, 0.15) is 12.5 Å². The number of rotatable bonds is 6. The molecule has 0 aliphatic rings. The molecule has 0 spiro atoms. The average molecular weight is 424 g/mol. The number of aliphatic hydroxyl groups is 1. The summed E-state index contributed by atoms with van der Waals surface area (Å²) in [5, 5.41) is 14.7. The maximum atomic E-state index is 13.4. The van der Waals surface area contributed by atoms with Crippen LogP contribution in [-0.2, 0) is 6.18 Å². The van der Waals surface area contributed by atoms with Gasteiger partial charge in [0, 0.05) is 30.1 Å². The molecule has 0 unspecified atom stereocenters. The molecule has 2 aromatic heterocycles. The van der Waals surface area contributed by atoms with Gasteiger partial charge in [0.15, 0.2) is 0 Å². The molecule has 152 valence electrons. The summed E-state index contributed by atoms with van der Waals surface area (Å²) in [4.78, 5) is 12.5. The van der Waals surface area contributed by atoms with Crippen LogP contribution in [0.2, 0.25) is 5.02 Å². The van der Waals surface area contributed by atoms with Gasteiger partial charge in [-0.15, -0.1) is 0 Å². The van der Waals surface area contributed by atoms with Crippen molar-refractivity contribution in [1.29, 1.82) is 0 Å². The molecule has 0 bridgehead atoms. The molecular weight excluding hydrogens is 407 g/mol. The van der Waals surface area contributed by atoms with Crippen LogP contribution in [0.3, 0.4) is 0 Å². The maximum Gasteiger partial charge on any atom is 0.418 e. The third-order valence-corrected chi connectivity index (χ3v) is 4.24. The number of benzene rings is 1. The molecule has 29 heavy (non-hydrogen) atoms. The fraction of sp³-hybridized carbons (Fsp3) is 0.211. The molecule has 0 saturated carbocycles. The topological polar surface area (TPSA) is 83.0 Å². The van der Waals surface area contributed by atoms with Crippen LogP contribution in [-0.4, -0.2) is 32.7 Å². The van der Waals surface area contributed by atoms with Gasteiger partial charge in [-0.2, -0.15) is 18.2 Å². The summed E-state index contributed by atoms with van der Waals surface area (Å²) in [5.41, 5.74) is -0.0620. The van der Waals surface area contributed by atoms with E-state index in [0.717, 1.165) is 6.07 Å². The maximum absolute atomic E-state index is 13.4. The molecule has 0 fully saturated rings. The largest absolute Gasteiger partial charge is 0.418 e. The van der Waals surface area contributed by atoms with Crippen LogP contribution < -0.4 is 10.6 Å². The van der Waals surface area contributed by atoms with E-state index in [0.29, 0.717) is 11.3 Å². The van der Waals surface area contributed by atoms with Crippen molar-refractivity contribution in [3.05, 3.63) is 59.4 Å². The molecule has 1 atom stereocenters. The quantitative estimate of drug-likeness (QED) is 0.531. The van der Waals surface area contributed by atoms with E-state index >= 15 is 0 Å². The molecule has 3 rings (SSSR count). The Kier molecular flexibility index (Phi) is 6.19. The summed E-state index contributed by atoms with van der Waals surface area (Å²) in [6.07, 6.45) is -1.45. The third-order valence-electron chi connectivity index (χ3n) is 3.92. The van der Waals surface area contributed by atoms with E-state index in [1.165, 1.54) is 18.2 Å². The normalized spacial score (nSPS) is 12.5. The number of aliphatic hydroxyl groups excluding tert-OH is 1. The Morgan fingerprint density at radius 1 is 1.14 bits per heavy atom. The second kappa shape index (κ2) is 8.62. The van der Waals surface area contributed by atoms with E-state index in [2.05, 4.69) is 25.6 Å². The summed E-state index contributed by atoms with van der Waals surface area (Å²) < 4.78 is 40.2. The number of aromatic nitrogens is 3. The molecule has 0 saturated heterocycles. The minimum Gasteiger partial charge on any atom is -0.394 e. The van der Waals surface area contributed by atoms with Gasteiger partial charge in [-0.1, -0.05) is 17.7 Å². The number of anilines is 3.